The van der Waals surface area contributed by atoms with Crippen LogP contribution in [0.3, 0.4) is 0 Å². The highest BCUT2D eigenvalue weighted by atomic mass is 16.3. The third-order valence-electron chi connectivity index (χ3n) is 5.03. The third-order valence-corrected chi connectivity index (χ3v) is 5.03. The molecule has 1 aromatic heterocycles. The van der Waals surface area contributed by atoms with E-state index in [0.29, 0.717) is 23.6 Å². The van der Waals surface area contributed by atoms with Crippen molar-refractivity contribution in [3.8, 4) is 11.3 Å². The SMILES string of the molecule is CN1CCCN(C(=O)c2cccc(-c3ccc(/C=C4/NC(=O)NC4=O)o3)c2)CC1. The number of carbonyl (C=O) groups excluding carboxylic acids is 3. The lowest BCUT2D eigenvalue weighted by Gasteiger charge is -2.20. The molecule has 0 aliphatic carbocycles. The molecule has 4 rings (SSSR count). The molecule has 1 aromatic carbocycles. The van der Waals surface area contributed by atoms with Gasteiger partial charge in [-0.3, -0.25) is 14.9 Å². The van der Waals surface area contributed by atoms with E-state index < -0.39 is 11.9 Å². The van der Waals surface area contributed by atoms with Crippen LogP contribution in [0.25, 0.3) is 17.4 Å². The maximum absolute atomic E-state index is 12.9. The molecule has 3 heterocycles. The van der Waals surface area contributed by atoms with E-state index in [1.54, 1.807) is 12.1 Å². The first-order valence-electron chi connectivity index (χ1n) is 9.52. The molecule has 0 bridgehead atoms. The number of hydrogen-bond donors (Lipinski definition) is 2. The van der Waals surface area contributed by atoms with Gasteiger partial charge in [0.15, 0.2) is 0 Å². The van der Waals surface area contributed by atoms with E-state index in [9.17, 15) is 14.4 Å². The minimum Gasteiger partial charge on any atom is -0.457 e. The van der Waals surface area contributed by atoms with Gasteiger partial charge in [0.1, 0.15) is 17.2 Å². The Labute approximate surface area is 168 Å². The van der Waals surface area contributed by atoms with Gasteiger partial charge >= 0.3 is 6.03 Å². The Kier molecular flexibility index (Phi) is 5.18. The largest absolute Gasteiger partial charge is 0.457 e. The van der Waals surface area contributed by atoms with Gasteiger partial charge in [-0.25, -0.2) is 4.79 Å². The Hall–Kier alpha value is -3.39. The molecule has 0 saturated carbocycles. The zero-order chi connectivity index (χ0) is 20.4. The predicted octanol–water partition coefficient (Wildman–Crippen LogP) is 1.90. The lowest BCUT2D eigenvalue weighted by atomic mass is 10.1. The van der Waals surface area contributed by atoms with Gasteiger partial charge in [0.2, 0.25) is 0 Å². The van der Waals surface area contributed by atoms with Crippen LogP contribution in [0.5, 0.6) is 0 Å². The molecule has 8 heteroatoms. The normalized spacial score (nSPS) is 19.2. The van der Waals surface area contributed by atoms with Crippen LogP contribution in [0, 0.1) is 0 Å². The Bertz CT molecular complexity index is 994. The topological polar surface area (TPSA) is 94.9 Å². The molecule has 2 fully saturated rings. The molecule has 2 N–H and O–H groups in total. The number of nitrogens with zero attached hydrogens (tertiary/aromatic N) is 2. The molecule has 2 saturated heterocycles. The van der Waals surface area contributed by atoms with E-state index in [4.69, 9.17) is 4.42 Å². The maximum atomic E-state index is 12.9. The van der Waals surface area contributed by atoms with Gasteiger partial charge in [0.05, 0.1) is 0 Å². The number of urea groups is 1. The van der Waals surface area contributed by atoms with Crippen molar-refractivity contribution in [1.29, 1.82) is 0 Å². The minimum atomic E-state index is -0.557. The van der Waals surface area contributed by atoms with Crippen molar-refractivity contribution in [3.05, 3.63) is 53.4 Å². The second-order valence-corrected chi connectivity index (χ2v) is 7.20. The lowest BCUT2D eigenvalue weighted by molar-refractivity contribution is -0.115. The molecule has 0 atom stereocenters. The van der Waals surface area contributed by atoms with Crippen LogP contribution >= 0.6 is 0 Å². The van der Waals surface area contributed by atoms with Crippen molar-refractivity contribution in [3.63, 3.8) is 0 Å². The smallest absolute Gasteiger partial charge is 0.326 e. The van der Waals surface area contributed by atoms with Crippen LogP contribution in [0.2, 0.25) is 0 Å². The van der Waals surface area contributed by atoms with Crippen molar-refractivity contribution in [2.45, 2.75) is 6.42 Å². The van der Waals surface area contributed by atoms with Gasteiger partial charge in [0, 0.05) is 36.8 Å². The zero-order valence-electron chi connectivity index (χ0n) is 16.1. The molecule has 2 aromatic rings. The van der Waals surface area contributed by atoms with Crippen LogP contribution in [0.4, 0.5) is 4.79 Å². The molecule has 29 heavy (non-hydrogen) atoms. The molecular weight excluding hydrogens is 372 g/mol. The number of amides is 4. The Balaban J connectivity index is 1.53. The summed E-state index contributed by atoms with van der Waals surface area (Å²) in [6, 6.07) is 10.2. The predicted molar refractivity (Wildman–Crippen MR) is 107 cm³/mol. The molecule has 2 aliphatic heterocycles. The molecule has 0 spiro atoms. The van der Waals surface area contributed by atoms with E-state index in [1.165, 1.54) is 6.08 Å². The fourth-order valence-corrected chi connectivity index (χ4v) is 3.45. The van der Waals surface area contributed by atoms with Crippen LogP contribution in [-0.2, 0) is 4.79 Å². The standard InChI is InChI=1S/C21H22N4O4/c1-24-8-3-9-25(11-10-24)20(27)15-5-2-4-14(12-15)18-7-6-16(29-18)13-17-19(26)23-21(28)22-17/h2,4-7,12-13H,3,8-11H2,1H3,(H2,22,23,26,28)/b17-13+. The number of furan rings is 1. The second-order valence-electron chi connectivity index (χ2n) is 7.20. The fourth-order valence-electron chi connectivity index (χ4n) is 3.45. The minimum absolute atomic E-state index is 0.0152. The summed E-state index contributed by atoms with van der Waals surface area (Å²) in [6.07, 6.45) is 2.43. The molecule has 4 amide bonds. The summed E-state index contributed by atoms with van der Waals surface area (Å²) < 4.78 is 5.79. The summed E-state index contributed by atoms with van der Waals surface area (Å²) in [5, 5.41) is 4.56. The first kappa shape index (κ1) is 18.9. The molecule has 0 radical (unpaired) electrons. The van der Waals surface area contributed by atoms with Crippen LogP contribution < -0.4 is 10.6 Å². The van der Waals surface area contributed by atoms with Crippen molar-refractivity contribution in [2.75, 3.05) is 33.2 Å². The first-order valence-corrected chi connectivity index (χ1v) is 9.52. The summed E-state index contributed by atoms with van der Waals surface area (Å²) in [5.74, 6) is 0.525. The van der Waals surface area contributed by atoms with E-state index in [0.717, 1.165) is 31.6 Å². The molecule has 0 unspecified atom stereocenters. The monoisotopic (exact) mass is 394 g/mol. The average molecular weight is 394 g/mol. The molecular formula is C21H22N4O4. The van der Waals surface area contributed by atoms with Gasteiger partial charge in [-0.05, 0) is 44.3 Å². The van der Waals surface area contributed by atoms with E-state index >= 15 is 0 Å². The van der Waals surface area contributed by atoms with Crippen molar-refractivity contribution < 1.29 is 18.8 Å². The van der Waals surface area contributed by atoms with Crippen LogP contribution in [0.1, 0.15) is 22.5 Å². The summed E-state index contributed by atoms with van der Waals surface area (Å²) in [4.78, 5) is 39.9. The number of hydrogen-bond acceptors (Lipinski definition) is 5. The highest BCUT2D eigenvalue weighted by Crippen LogP contribution is 2.25. The quantitative estimate of drug-likeness (QED) is 0.613. The first-order chi connectivity index (χ1) is 14.0. The highest BCUT2D eigenvalue weighted by Gasteiger charge is 2.23. The fraction of sp³-hybridized carbons (Fsp3) is 0.286. The highest BCUT2D eigenvalue weighted by molar-refractivity contribution is 6.13. The zero-order valence-corrected chi connectivity index (χ0v) is 16.1. The van der Waals surface area contributed by atoms with Crippen LogP contribution in [0.15, 0.2) is 46.5 Å². The summed E-state index contributed by atoms with van der Waals surface area (Å²) in [5.41, 5.74) is 1.52. The number of likely N-dealkylation sites (N-methyl/N-ethyl adjacent to an activating group) is 1. The number of imide groups is 1. The van der Waals surface area contributed by atoms with E-state index in [1.807, 2.05) is 29.2 Å². The van der Waals surface area contributed by atoms with Crippen molar-refractivity contribution >= 4 is 23.9 Å². The molecule has 2 aliphatic rings. The Morgan fingerprint density at radius 2 is 1.93 bits per heavy atom. The molecule has 150 valence electrons. The van der Waals surface area contributed by atoms with E-state index in [2.05, 4.69) is 22.6 Å². The summed E-state index contributed by atoms with van der Waals surface area (Å²) in [7, 11) is 2.07. The van der Waals surface area contributed by atoms with Crippen molar-refractivity contribution in [2.24, 2.45) is 0 Å². The molecule has 8 nitrogen and oxygen atoms in total. The van der Waals surface area contributed by atoms with Gasteiger partial charge < -0.3 is 19.5 Å². The third kappa shape index (κ3) is 4.22. The number of nitrogens with one attached hydrogen (secondary N) is 2. The van der Waals surface area contributed by atoms with Gasteiger partial charge in [0.25, 0.3) is 11.8 Å². The lowest BCUT2D eigenvalue weighted by Crippen LogP contribution is -2.34. The van der Waals surface area contributed by atoms with Gasteiger partial charge in [-0.1, -0.05) is 12.1 Å². The van der Waals surface area contributed by atoms with E-state index in [-0.39, 0.29) is 11.6 Å². The van der Waals surface area contributed by atoms with Gasteiger partial charge in [-0.15, -0.1) is 0 Å². The summed E-state index contributed by atoms with van der Waals surface area (Å²) >= 11 is 0. The Morgan fingerprint density at radius 3 is 2.72 bits per heavy atom. The second kappa shape index (κ2) is 7.92. The summed E-state index contributed by atoms with van der Waals surface area (Å²) in [6.45, 7) is 3.32. The van der Waals surface area contributed by atoms with Gasteiger partial charge in [-0.2, -0.15) is 0 Å². The maximum Gasteiger partial charge on any atom is 0.326 e. The van der Waals surface area contributed by atoms with Crippen molar-refractivity contribution in [1.82, 2.24) is 20.4 Å². The van der Waals surface area contributed by atoms with Crippen LogP contribution in [-0.4, -0.2) is 60.9 Å². The number of carbonyl (C=O) groups is 3. The number of benzene rings is 1. The average Bonchev–Trinajstić information content (AvgIpc) is 3.23. The Morgan fingerprint density at radius 1 is 1.07 bits per heavy atom. The number of rotatable bonds is 3.